The Morgan fingerprint density at radius 1 is 0.789 bits per heavy atom. The molecule has 2 rings (SSSR count). The summed E-state index contributed by atoms with van der Waals surface area (Å²) in [6, 6.07) is 18.3. The van der Waals surface area contributed by atoms with E-state index in [0.29, 0.717) is 0 Å². The molecule has 0 aliphatic heterocycles. The smallest absolute Gasteiger partial charge is 0.134 e. The fourth-order valence-corrected chi connectivity index (χ4v) is 5.98. The normalized spacial score (nSPS) is 12.5. The Kier molecular flexibility index (Phi) is 4.10. The van der Waals surface area contributed by atoms with Gasteiger partial charge in [-0.05, 0) is 21.4 Å². The van der Waals surface area contributed by atoms with Gasteiger partial charge in [-0.1, -0.05) is 75.4 Å². The predicted molar refractivity (Wildman–Crippen MR) is 88.3 cm³/mol. The van der Waals surface area contributed by atoms with Crippen LogP contribution in [-0.2, 0) is 5.41 Å². The molecule has 0 amide bonds. The van der Waals surface area contributed by atoms with Gasteiger partial charge < -0.3 is 0 Å². The average molecular weight is 309 g/mol. The van der Waals surface area contributed by atoms with E-state index in [1.54, 1.807) is 0 Å². The van der Waals surface area contributed by atoms with Crippen LogP contribution in [0.1, 0.15) is 26.3 Å². The van der Waals surface area contributed by atoms with Crippen LogP contribution in [0.15, 0.2) is 54.6 Å². The standard InChI is InChI=1S/C16H18Cl2Si/c1-16(2,3)14-11-7-8-12-15(14)19(17,18)13-9-5-4-6-10-13/h4-12H,1-3H3. The van der Waals surface area contributed by atoms with Gasteiger partial charge in [-0.2, -0.15) is 0 Å². The molecule has 0 saturated carbocycles. The molecule has 2 aromatic rings. The van der Waals surface area contributed by atoms with Gasteiger partial charge in [0.1, 0.15) is 0 Å². The first kappa shape index (κ1) is 14.6. The first-order valence-corrected chi connectivity index (χ1v) is 10.4. The Balaban J connectivity index is 2.59. The largest absolute Gasteiger partial charge is 0.310 e. The van der Waals surface area contributed by atoms with Crippen LogP contribution in [0.3, 0.4) is 0 Å². The van der Waals surface area contributed by atoms with Gasteiger partial charge in [0.2, 0.25) is 0 Å². The van der Waals surface area contributed by atoms with E-state index in [1.807, 2.05) is 42.5 Å². The second kappa shape index (κ2) is 5.32. The lowest BCUT2D eigenvalue weighted by atomic mass is 9.87. The molecule has 0 saturated heterocycles. The van der Waals surface area contributed by atoms with E-state index >= 15 is 0 Å². The van der Waals surface area contributed by atoms with Gasteiger partial charge in [-0.25, -0.2) is 0 Å². The minimum Gasteiger partial charge on any atom is -0.134 e. The van der Waals surface area contributed by atoms with Crippen molar-refractivity contribution >= 4 is 39.2 Å². The first-order valence-electron chi connectivity index (χ1n) is 6.37. The molecule has 100 valence electrons. The highest BCUT2D eigenvalue weighted by molar-refractivity contribution is 7.56. The summed E-state index contributed by atoms with van der Waals surface area (Å²) in [5, 5.41) is 2.13. The lowest BCUT2D eigenvalue weighted by Crippen LogP contribution is -2.51. The summed E-state index contributed by atoms with van der Waals surface area (Å²) in [6.45, 7) is 3.90. The second-order valence-electron chi connectivity index (χ2n) is 5.74. The Bertz CT molecular complexity index is 556. The van der Waals surface area contributed by atoms with E-state index in [4.69, 9.17) is 22.2 Å². The number of hydrogen-bond acceptors (Lipinski definition) is 0. The molecular weight excluding hydrogens is 291 g/mol. The van der Waals surface area contributed by atoms with Crippen LogP contribution in [0.25, 0.3) is 0 Å². The Morgan fingerprint density at radius 3 is 1.89 bits per heavy atom. The maximum absolute atomic E-state index is 6.80. The molecule has 0 heterocycles. The minimum absolute atomic E-state index is 0.0351. The molecule has 0 bridgehead atoms. The summed E-state index contributed by atoms with van der Waals surface area (Å²) in [4.78, 5) is 0. The van der Waals surface area contributed by atoms with Gasteiger partial charge in [-0.15, -0.1) is 22.2 Å². The topological polar surface area (TPSA) is 0 Å². The third kappa shape index (κ3) is 3.05. The average Bonchev–Trinajstić information content (AvgIpc) is 2.39. The van der Waals surface area contributed by atoms with Crippen molar-refractivity contribution in [3.05, 3.63) is 60.2 Å². The molecule has 0 spiro atoms. The van der Waals surface area contributed by atoms with Crippen molar-refractivity contribution < 1.29 is 0 Å². The fourth-order valence-electron chi connectivity index (χ4n) is 2.21. The highest BCUT2D eigenvalue weighted by atomic mass is 35.7. The summed E-state index contributed by atoms with van der Waals surface area (Å²) in [5.74, 6) is 0. The van der Waals surface area contributed by atoms with Gasteiger partial charge in [0.25, 0.3) is 0 Å². The van der Waals surface area contributed by atoms with Crippen molar-refractivity contribution in [2.45, 2.75) is 26.2 Å². The molecule has 0 aromatic heterocycles. The predicted octanol–water partition coefficient (Wildman–Crippen LogP) is 4.02. The van der Waals surface area contributed by atoms with Crippen LogP contribution in [0.2, 0.25) is 0 Å². The molecule has 0 aliphatic carbocycles. The summed E-state index contributed by atoms with van der Waals surface area (Å²) in [7, 11) is 0. The van der Waals surface area contributed by atoms with Gasteiger partial charge >= 0.3 is 6.69 Å². The molecule has 0 radical (unpaired) electrons. The highest BCUT2D eigenvalue weighted by Gasteiger charge is 2.37. The van der Waals surface area contributed by atoms with Gasteiger partial charge in [0.15, 0.2) is 0 Å². The van der Waals surface area contributed by atoms with E-state index in [-0.39, 0.29) is 5.41 Å². The molecule has 3 heteroatoms. The maximum atomic E-state index is 6.80. The lowest BCUT2D eigenvalue weighted by Gasteiger charge is -2.28. The lowest BCUT2D eigenvalue weighted by molar-refractivity contribution is 0.594. The summed E-state index contributed by atoms with van der Waals surface area (Å²) >= 11 is 13.6. The van der Waals surface area contributed by atoms with Crippen LogP contribution in [0.4, 0.5) is 0 Å². The van der Waals surface area contributed by atoms with Crippen LogP contribution in [0.5, 0.6) is 0 Å². The molecule has 0 nitrogen and oxygen atoms in total. The highest BCUT2D eigenvalue weighted by Crippen LogP contribution is 2.25. The molecule has 0 aliphatic rings. The van der Waals surface area contributed by atoms with E-state index in [2.05, 4.69) is 32.9 Å². The Labute approximate surface area is 125 Å². The van der Waals surface area contributed by atoms with Crippen molar-refractivity contribution in [3.8, 4) is 0 Å². The van der Waals surface area contributed by atoms with Gasteiger partial charge in [-0.3, -0.25) is 0 Å². The number of halogens is 2. The third-order valence-corrected chi connectivity index (χ3v) is 7.91. The molecule has 0 N–H and O–H groups in total. The van der Waals surface area contributed by atoms with Crippen molar-refractivity contribution in [2.75, 3.05) is 0 Å². The zero-order chi connectivity index (χ0) is 14.1. The minimum atomic E-state index is -2.67. The van der Waals surface area contributed by atoms with E-state index in [1.165, 1.54) is 5.56 Å². The zero-order valence-electron chi connectivity index (χ0n) is 11.5. The zero-order valence-corrected chi connectivity index (χ0v) is 14.0. The van der Waals surface area contributed by atoms with Crippen molar-refractivity contribution in [2.24, 2.45) is 0 Å². The van der Waals surface area contributed by atoms with Crippen molar-refractivity contribution in [1.82, 2.24) is 0 Å². The quantitative estimate of drug-likeness (QED) is 0.581. The van der Waals surface area contributed by atoms with Crippen LogP contribution in [0, 0.1) is 0 Å². The van der Waals surface area contributed by atoms with Crippen molar-refractivity contribution in [1.29, 1.82) is 0 Å². The SMILES string of the molecule is CC(C)(C)c1ccccc1[Si](Cl)(Cl)c1ccccc1. The van der Waals surface area contributed by atoms with Gasteiger partial charge in [0.05, 0.1) is 0 Å². The molecule has 0 atom stereocenters. The number of benzene rings is 2. The fraction of sp³-hybridized carbons (Fsp3) is 0.250. The Morgan fingerprint density at radius 2 is 1.32 bits per heavy atom. The molecule has 19 heavy (non-hydrogen) atoms. The summed E-state index contributed by atoms with van der Waals surface area (Å²) < 4.78 is 0. The monoisotopic (exact) mass is 308 g/mol. The number of hydrogen-bond donors (Lipinski definition) is 0. The number of rotatable bonds is 2. The summed E-state index contributed by atoms with van der Waals surface area (Å²) in [5.41, 5.74) is 1.27. The summed E-state index contributed by atoms with van der Waals surface area (Å²) in [6.07, 6.45) is 0. The second-order valence-corrected chi connectivity index (χ2v) is 12.0. The molecule has 2 aromatic carbocycles. The van der Waals surface area contributed by atoms with Crippen molar-refractivity contribution in [3.63, 3.8) is 0 Å². The van der Waals surface area contributed by atoms with Gasteiger partial charge in [0, 0.05) is 0 Å². The van der Waals surface area contributed by atoms with E-state index in [0.717, 1.165) is 10.4 Å². The van der Waals surface area contributed by atoms with Crippen LogP contribution in [-0.4, -0.2) is 6.69 Å². The third-order valence-electron chi connectivity index (χ3n) is 3.21. The molecular formula is C16H18Cl2Si. The van der Waals surface area contributed by atoms with E-state index < -0.39 is 6.69 Å². The van der Waals surface area contributed by atoms with E-state index in [9.17, 15) is 0 Å². The van der Waals surface area contributed by atoms with Crippen LogP contribution >= 0.6 is 22.2 Å². The molecule has 0 unspecified atom stereocenters. The maximum Gasteiger partial charge on any atom is 0.310 e. The first-order chi connectivity index (χ1) is 8.83. The van der Waals surface area contributed by atoms with Crippen LogP contribution < -0.4 is 10.4 Å². The Hall–Kier alpha value is -0.763. The molecule has 0 fully saturated rings.